The zero-order valence-electron chi connectivity index (χ0n) is 11.5. The molecule has 1 fully saturated rings. The van der Waals surface area contributed by atoms with Crippen molar-refractivity contribution in [2.75, 3.05) is 0 Å². The zero-order chi connectivity index (χ0) is 14.7. The normalized spacial score (nSPS) is 15.5. The standard InChI is InChI=1S/C17H16BrNOS/c18-13-6-10-15(11-7-13)21-16(12-4-2-1-3-5-12)17(20)19-14-8-9-14/h1-7,10-11,14,16H,8-9H2,(H,19,20). The lowest BCUT2D eigenvalue weighted by Gasteiger charge is -2.17. The average Bonchev–Trinajstić information content (AvgIpc) is 3.31. The van der Waals surface area contributed by atoms with Gasteiger partial charge in [-0.05, 0) is 42.7 Å². The van der Waals surface area contributed by atoms with Gasteiger partial charge in [-0.25, -0.2) is 0 Å². The van der Waals surface area contributed by atoms with Crippen LogP contribution in [0, 0.1) is 0 Å². The van der Waals surface area contributed by atoms with E-state index in [1.807, 2.05) is 54.6 Å². The fourth-order valence-electron chi connectivity index (χ4n) is 2.05. The Morgan fingerprint density at radius 3 is 2.38 bits per heavy atom. The molecule has 0 radical (unpaired) electrons. The molecule has 21 heavy (non-hydrogen) atoms. The summed E-state index contributed by atoms with van der Waals surface area (Å²) in [5.41, 5.74) is 1.04. The summed E-state index contributed by atoms with van der Waals surface area (Å²) in [7, 11) is 0. The molecule has 1 saturated carbocycles. The van der Waals surface area contributed by atoms with Gasteiger partial charge in [0.1, 0.15) is 5.25 Å². The SMILES string of the molecule is O=C(NC1CC1)C(Sc1ccc(Br)cc1)c1ccccc1. The molecule has 1 N–H and O–H groups in total. The number of carbonyl (C=O) groups excluding carboxylic acids is 1. The number of benzene rings is 2. The van der Waals surface area contributed by atoms with Crippen LogP contribution < -0.4 is 5.32 Å². The predicted octanol–water partition coefficient (Wildman–Crippen LogP) is 4.56. The summed E-state index contributed by atoms with van der Waals surface area (Å²) in [6.07, 6.45) is 2.21. The van der Waals surface area contributed by atoms with E-state index >= 15 is 0 Å². The van der Waals surface area contributed by atoms with Crippen molar-refractivity contribution in [2.24, 2.45) is 0 Å². The maximum atomic E-state index is 12.5. The number of hydrogen-bond acceptors (Lipinski definition) is 2. The van der Waals surface area contributed by atoms with E-state index in [-0.39, 0.29) is 11.2 Å². The monoisotopic (exact) mass is 361 g/mol. The first kappa shape index (κ1) is 14.7. The lowest BCUT2D eigenvalue weighted by atomic mass is 10.1. The summed E-state index contributed by atoms with van der Waals surface area (Å²) >= 11 is 5.03. The summed E-state index contributed by atoms with van der Waals surface area (Å²) in [6, 6.07) is 18.4. The van der Waals surface area contributed by atoms with E-state index in [2.05, 4.69) is 21.2 Å². The van der Waals surface area contributed by atoms with Crippen molar-refractivity contribution in [3.63, 3.8) is 0 Å². The molecule has 0 aromatic heterocycles. The molecule has 108 valence electrons. The number of halogens is 1. The number of nitrogens with one attached hydrogen (secondary N) is 1. The summed E-state index contributed by atoms with van der Waals surface area (Å²) < 4.78 is 1.05. The van der Waals surface area contributed by atoms with E-state index in [0.29, 0.717) is 6.04 Å². The van der Waals surface area contributed by atoms with E-state index in [9.17, 15) is 4.79 Å². The second kappa shape index (κ2) is 6.67. The third kappa shape index (κ3) is 4.11. The van der Waals surface area contributed by atoms with Gasteiger partial charge >= 0.3 is 0 Å². The van der Waals surface area contributed by atoms with Crippen molar-refractivity contribution in [3.05, 3.63) is 64.6 Å². The Hall–Kier alpha value is -1.26. The van der Waals surface area contributed by atoms with E-state index in [0.717, 1.165) is 27.8 Å². The van der Waals surface area contributed by atoms with Crippen LogP contribution in [-0.4, -0.2) is 11.9 Å². The van der Waals surface area contributed by atoms with E-state index in [4.69, 9.17) is 0 Å². The summed E-state index contributed by atoms with van der Waals surface area (Å²) in [4.78, 5) is 13.6. The topological polar surface area (TPSA) is 29.1 Å². The Kier molecular flexibility index (Phi) is 4.66. The summed E-state index contributed by atoms with van der Waals surface area (Å²) in [6.45, 7) is 0. The quantitative estimate of drug-likeness (QED) is 0.790. The van der Waals surface area contributed by atoms with Crippen LogP contribution in [0.1, 0.15) is 23.7 Å². The van der Waals surface area contributed by atoms with Gasteiger partial charge < -0.3 is 5.32 Å². The number of hydrogen-bond donors (Lipinski definition) is 1. The molecule has 1 aliphatic carbocycles. The van der Waals surface area contributed by atoms with Crippen molar-refractivity contribution in [1.29, 1.82) is 0 Å². The minimum Gasteiger partial charge on any atom is -0.352 e. The fraction of sp³-hybridized carbons (Fsp3) is 0.235. The molecule has 1 atom stereocenters. The molecule has 2 aromatic carbocycles. The predicted molar refractivity (Wildman–Crippen MR) is 90.3 cm³/mol. The molecule has 1 aliphatic rings. The van der Waals surface area contributed by atoms with Crippen molar-refractivity contribution in [1.82, 2.24) is 5.32 Å². The highest BCUT2D eigenvalue weighted by Gasteiger charge is 2.28. The van der Waals surface area contributed by atoms with Gasteiger partial charge in [0.05, 0.1) is 0 Å². The van der Waals surface area contributed by atoms with Crippen LogP contribution in [0.5, 0.6) is 0 Å². The second-order valence-electron chi connectivity index (χ2n) is 5.15. The molecule has 2 nitrogen and oxygen atoms in total. The maximum absolute atomic E-state index is 12.5. The molecule has 0 heterocycles. The molecule has 3 rings (SSSR count). The van der Waals surface area contributed by atoms with E-state index in [1.165, 1.54) is 0 Å². The van der Waals surface area contributed by atoms with Gasteiger partial charge in [0.2, 0.25) is 5.91 Å². The Balaban J connectivity index is 1.80. The minimum atomic E-state index is -0.201. The van der Waals surface area contributed by atoms with E-state index in [1.54, 1.807) is 11.8 Å². The van der Waals surface area contributed by atoms with Crippen molar-refractivity contribution in [2.45, 2.75) is 29.0 Å². The Morgan fingerprint density at radius 1 is 1.10 bits per heavy atom. The van der Waals surface area contributed by atoms with Crippen LogP contribution in [0.15, 0.2) is 64.0 Å². The number of rotatable bonds is 5. The molecule has 1 unspecified atom stereocenters. The van der Waals surface area contributed by atoms with Gasteiger partial charge in [0, 0.05) is 15.4 Å². The van der Waals surface area contributed by atoms with Crippen LogP contribution in [0.4, 0.5) is 0 Å². The van der Waals surface area contributed by atoms with Crippen molar-refractivity contribution in [3.8, 4) is 0 Å². The molecule has 2 aromatic rings. The van der Waals surface area contributed by atoms with Gasteiger partial charge in [-0.1, -0.05) is 46.3 Å². The van der Waals surface area contributed by atoms with Crippen molar-refractivity contribution < 1.29 is 4.79 Å². The number of carbonyl (C=O) groups is 1. The lowest BCUT2D eigenvalue weighted by Crippen LogP contribution is -2.29. The first-order valence-corrected chi connectivity index (χ1v) is 8.67. The van der Waals surface area contributed by atoms with Crippen LogP contribution in [0.25, 0.3) is 0 Å². The van der Waals surface area contributed by atoms with Crippen LogP contribution in [0.3, 0.4) is 0 Å². The van der Waals surface area contributed by atoms with Crippen LogP contribution >= 0.6 is 27.7 Å². The third-order valence-corrected chi connectivity index (χ3v) is 5.13. The Morgan fingerprint density at radius 2 is 1.76 bits per heavy atom. The number of thioether (sulfide) groups is 1. The molecular weight excluding hydrogens is 346 g/mol. The number of amides is 1. The van der Waals surface area contributed by atoms with Gasteiger partial charge in [-0.15, -0.1) is 11.8 Å². The van der Waals surface area contributed by atoms with Crippen LogP contribution in [0.2, 0.25) is 0 Å². The zero-order valence-corrected chi connectivity index (χ0v) is 13.9. The first-order valence-electron chi connectivity index (χ1n) is 7.00. The lowest BCUT2D eigenvalue weighted by molar-refractivity contribution is -0.120. The fourth-order valence-corrected chi connectivity index (χ4v) is 3.35. The smallest absolute Gasteiger partial charge is 0.238 e. The summed E-state index contributed by atoms with van der Waals surface area (Å²) in [5, 5.41) is 2.91. The molecule has 1 amide bonds. The third-order valence-electron chi connectivity index (χ3n) is 3.33. The van der Waals surface area contributed by atoms with Gasteiger partial charge in [0.15, 0.2) is 0 Å². The molecule has 0 aliphatic heterocycles. The van der Waals surface area contributed by atoms with Gasteiger partial charge in [-0.2, -0.15) is 0 Å². The first-order chi connectivity index (χ1) is 10.2. The highest BCUT2D eigenvalue weighted by molar-refractivity contribution is 9.10. The van der Waals surface area contributed by atoms with Gasteiger partial charge in [0.25, 0.3) is 0 Å². The van der Waals surface area contributed by atoms with E-state index < -0.39 is 0 Å². The largest absolute Gasteiger partial charge is 0.352 e. The van der Waals surface area contributed by atoms with Crippen LogP contribution in [-0.2, 0) is 4.79 Å². The summed E-state index contributed by atoms with van der Waals surface area (Å²) in [5.74, 6) is 0.108. The van der Waals surface area contributed by atoms with Gasteiger partial charge in [-0.3, -0.25) is 4.79 Å². The Bertz CT molecular complexity index is 610. The highest BCUT2D eigenvalue weighted by atomic mass is 79.9. The Labute approximate surface area is 137 Å². The highest BCUT2D eigenvalue weighted by Crippen LogP contribution is 2.36. The molecule has 0 spiro atoms. The van der Waals surface area contributed by atoms with Crippen molar-refractivity contribution >= 4 is 33.6 Å². The molecular formula is C17H16BrNOS. The minimum absolute atomic E-state index is 0.108. The maximum Gasteiger partial charge on any atom is 0.238 e. The molecule has 0 saturated heterocycles. The second-order valence-corrected chi connectivity index (χ2v) is 7.24. The molecule has 4 heteroatoms. The average molecular weight is 362 g/mol. The molecule has 0 bridgehead atoms.